The lowest BCUT2D eigenvalue weighted by molar-refractivity contribution is 0.726. The molecule has 0 spiro atoms. The molecule has 0 saturated carbocycles. The van der Waals surface area contributed by atoms with Crippen LogP contribution in [0.2, 0.25) is 0 Å². The number of hydrogen-bond donors (Lipinski definition) is 0. The molecule has 5 heteroatoms. The summed E-state index contributed by atoms with van der Waals surface area (Å²) in [5.41, 5.74) is 1.98. The average Bonchev–Trinajstić information content (AvgIpc) is 2.92. The molecule has 0 N–H and O–H groups in total. The highest BCUT2D eigenvalue weighted by molar-refractivity contribution is 5.36. The minimum absolute atomic E-state index is 0.0136. The maximum atomic E-state index is 12.1. The van der Waals surface area contributed by atoms with Crippen LogP contribution in [0.15, 0.2) is 23.8 Å². The minimum Gasteiger partial charge on any atom is -0.310 e. The van der Waals surface area contributed by atoms with Crippen LogP contribution in [0.5, 0.6) is 0 Å². The van der Waals surface area contributed by atoms with E-state index in [1.807, 2.05) is 10.6 Å². The Balaban J connectivity index is 2.45. The minimum atomic E-state index is -0.0136. The highest BCUT2D eigenvalue weighted by atomic mass is 16.1. The molecule has 0 fully saturated rings. The Morgan fingerprint density at radius 1 is 1.50 bits per heavy atom. The second-order valence-electron chi connectivity index (χ2n) is 3.96. The van der Waals surface area contributed by atoms with Gasteiger partial charge in [0.1, 0.15) is 6.33 Å². The lowest BCUT2D eigenvalue weighted by Gasteiger charge is -2.11. The Morgan fingerprint density at radius 3 is 3.19 bits per heavy atom. The summed E-state index contributed by atoms with van der Waals surface area (Å²) >= 11 is 0. The van der Waals surface area contributed by atoms with E-state index in [0.29, 0.717) is 12.3 Å². The topological polar surface area (TPSA) is 52.2 Å². The van der Waals surface area contributed by atoms with Gasteiger partial charge < -0.3 is 4.57 Å². The van der Waals surface area contributed by atoms with Gasteiger partial charge in [0.2, 0.25) is 5.78 Å². The predicted molar refractivity (Wildman–Crippen MR) is 59.5 cm³/mol. The van der Waals surface area contributed by atoms with Crippen LogP contribution in [0.1, 0.15) is 17.7 Å². The van der Waals surface area contributed by atoms with E-state index in [2.05, 4.69) is 16.7 Å². The number of aromatic nitrogens is 4. The van der Waals surface area contributed by atoms with Crippen LogP contribution in [-0.2, 0) is 19.4 Å². The van der Waals surface area contributed by atoms with Crippen molar-refractivity contribution in [2.75, 3.05) is 0 Å². The van der Waals surface area contributed by atoms with Gasteiger partial charge in [-0.25, -0.2) is 0 Å². The predicted octanol–water partition coefficient (Wildman–Crippen LogP) is 0.566. The van der Waals surface area contributed by atoms with Crippen molar-refractivity contribution in [3.05, 3.63) is 40.6 Å². The fourth-order valence-corrected chi connectivity index (χ4v) is 2.39. The molecule has 0 amide bonds. The Bertz CT molecular complexity index is 623. The van der Waals surface area contributed by atoms with Gasteiger partial charge in [-0.3, -0.25) is 4.79 Å². The van der Waals surface area contributed by atoms with Crippen LogP contribution in [0, 0.1) is 0 Å². The molecule has 82 valence electrons. The third-order valence-corrected chi connectivity index (χ3v) is 3.05. The van der Waals surface area contributed by atoms with Crippen LogP contribution in [-0.4, -0.2) is 19.2 Å². The van der Waals surface area contributed by atoms with Crippen molar-refractivity contribution in [1.82, 2.24) is 19.2 Å². The first-order chi connectivity index (χ1) is 7.83. The van der Waals surface area contributed by atoms with Crippen molar-refractivity contribution in [2.24, 2.45) is 0 Å². The number of nitrogens with zero attached hydrogens (tertiary/aromatic N) is 4. The molecule has 0 bridgehead atoms. The van der Waals surface area contributed by atoms with E-state index in [1.54, 1.807) is 0 Å². The summed E-state index contributed by atoms with van der Waals surface area (Å²) in [6.45, 7) is 4.41. The molecule has 0 radical (unpaired) electrons. The lowest BCUT2D eigenvalue weighted by Crippen LogP contribution is -2.24. The fraction of sp³-hybridized carbons (Fsp3) is 0.364. The molecule has 2 aromatic rings. The van der Waals surface area contributed by atoms with E-state index >= 15 is 0 Å². The van der Waals surface area contributed by atoms with E-state index in [0.717, 1.165) is 30.5 Å². The molecule has 2 heterocycles. The first kappa shape index (κ1) is 9.33. The van der Waals surface area contributed by atoms with Gasteiger partial charge in [-0.1, -0.05) is 6.08 Å². The van der Waals surface area contributed by atoms with Gasteiger partial charge in [-0.15, -0.1) is 6.58 Å². The second-order valence-corrected chi connectivity index (χ2v) is 3.96. The second kappa shape index (κ2) is 3.30. The zero-order valence-corrected chi connectivity index (χ0v) is 8.89. The molecule has 1 aliphatic rings. The molecule has 0 aliphatic heterocycles. The van der Waals surface area contributed by atoms with E-state index in [1.165, 1.54) is 10.8 Å². The number of hydrogen-bond acceptors (Lipinski definition) is 3. The molecule has 3 rings (SSSR count). The third kappa shape index (κ3) is 1.08. The monoisotopic (exact) mass is 216 g/mol. The standard InChI is InChI=1S/C11H12N4O/c1-2-6-14-9-5-3-4-8(9)10(16)15-11(14)12-7-13-15/h2,7H,1,3-6H2. The quantitative estimate of drug-likeness (QED) is 0.689. The summed E-state index contributed by atoms with van der Waals surface area (Å²) in [5, 5.41) is 3.98. The van der Waals surface area contributed by atoms with Crippen molar-refractivity contribution in [2.45, 2.75) is 25.8 Å². The van der Waals surface area contributed by atoms with E-state index in [4.69, 9.17) is 0 Å². The highest BCUT2D eigenvalue weighted by Gasteiger charge is 2.21. The number of fused-ring (bicyclic) bond motifs is 2. The molecule has 0 saturated heterocycles. The lowest BCUT2D eigenvalue weighted by atomic mass is 10.2. The van der Waals surface area contributed by atoms with E-state index in [9.17, 15) is 4.79 Å². The van der Waals surface area contributed by atoms with Gasteiger partial charge in [-0.2, -0.15) is 14.6 Å². The van der Waals surface area contributed by atoms with Crippen molar-refractivity contribution >= 4 is 5.78 Å². The van der Waals surface area contributed by atoms with Gasteiger partial charge in [0.05, 0.1) is 0 Å². The Hall–Kier alpha value is -1.91. The fourth-order valence-electron chi connectivity index (χ4n) is 2.39. The van der Waals surface area contributed by atoms with Crippen LogP contribution in [0.4, 0.5) is 0 Å². The third-order valence-electron chi connectivity index (χ3n) is 3.05. The summed E-state index contributed by atoms with van der Waals surface area (Å²) < 4.78 is 3.41. The molecule has 2 aromatic heterocycles. The highest BCUT2D eigenvalue weighted by Crippen LogP contribution is 2.19. The summed E-state index contributed by atoms with van der Waals surface area (Å²) in [6.07, 6.45) is 6.07. The average molecular weight is 216 g/mol. The van der Waals surface area contributed by atoms with Crippen LogP contribution in [0.25, 0.3) is 5.78 Å². The zero-order valence-electron chi connectivity index (χ0n) is 8.89. The number of allylic oxidation sites excluding steroid dienone is 1. The van der Waals surface area contributed by atoms with E-state index < -0.39 is 0 Å². The van der Waals surface area contributed by atoms with Crippen LogP contribution in [0.3, 0.4) is 0 Å². The maximum Gasteiger partial charge on any atom is 0.279 e. The Morgan fingerprint density at radius 2 is 2.38 bits per heavy atom. The van der Waals surface area contributed by atoms with Crippen LogP contribution >= 0.6 is 0 Å². The Kier molecular flexibility index (Phi) is 1.92. The normalized spacial score (nSPS) is 14.2. The van der Waals surface area contributed by atoms with Gasteiger partial charge in [-0.05, 0) is 19.3 Å². The maximum absolute atomic E-state index is 12.1. The smallest absolute Gasteiger partial charge is 0.279 e. The first-order valence-electron chi connectivity index (χ1n) is 5.38. The van der Waals surface area contributed by atoms with Crippen molar-refractivity contribution in [3.8, 4) is 0 Å². The first-order valence-corrected chi connectivity index (χ1v) is 5.38. The molecule has 0 unspecified atom stereocenters. The van der Waals surface area contributed by atoms with Gasteiger partial charge in [0.25, 0.3) is 5.56 Å². The SMILES string of the molecule is C=CCn1c2c(c(=O)n3ncnc13)CCC2. The molecule has 1 aliphatic carbocycles. The van der Waals surface area contributed by atoms with Crippen LogP contribution < -0.4 is 5.56 Å². The molecule has 5 nitrogen and oxygen atoms in total. The summed E-state index contributed by atoms with van der Waals surface area (Å²) in [7, 11) is 0. The Labute approximate surface area is 92.0 Å². The van der Waals surface area contributed by atoms with Crippen molar-refractivity contribution < 1.29 is 0 Å². The van der Waals surface area contributed by atoms with Crippen molar-refractivity contribution in [3.63, 3.8) is 0 Å². The molecule has 0 aromatic carbocycles. The van der Waals surface area contributed by atoms with Gasteiger partial charge in [0, 0.05) is 17.8 Å². The molecule has 16 heavy (non-hydrogen) atoms. The molecule has 0 atom stereocenters. The summed E-state index contributed by atoms with van der Waals surface area (Å²) in [4.78, 5) is 16.2. The molecular weight excluding hydrogens is 204 g/mol. The van der Waals surface area contributed by atoms with Gasteiger partial charge in [0.15, 0.2) is 0 Å². The zero-order chi connectivity index (χ0) is 11.1. The largest absolute Gasteiger partial charge is 0.310 e. The van der Waals surface area contributed by atoms with Crippen molar-refractivity contribution in [1.29, 1.82) is 0 Å². The molecular formula is C11H12N4O. The number of rotatable bonds is 2. The summed E-state index contributed by atoms with van der Waals surface area (Å²) in [6, 6.07) is 0. The van der Waals surface area contributed by atoms with E-state index in [-0.39, 0.29) is 5.56 Å². The summed E-state index contributed by atoms with van der Waals surface area (Å²) in [5.74, 6) is 0.616. The van der Waals surface area contributed by atoms with Gasteiger partial charge >= 0.3 is 0 Å².